The topological polar surface area (TPSA) is 55.2 Å². The summed E-state index contributed by atoms with van der Waals surface area (Å²) in [6.45, 7) is 4.53. The van der Waals surface area contributed by atoms with Crippen LogP contribution < -0.4 is 9.64 Å². The van der Waals surface area contributed by atoms with Crippen molar-refractivity contribution in [3.63, 3.8) is 0 Å². The minimum absolute atomic E-state index is 0.117. The van der Waals surface area contributed by atoms with E-state index in [2.05, 4.69) is 17.9 Å². The second-order valence-corrected chi connectivity index (χ2v) is 7.27. The quantitative estimate of drug-likeness (QED) is 0.634. The van der Waals surface area contributed by atoms with Gasteiger partial charge >= 0.3 is 0 Å². The van der Waals surface area contributed by atoms with Crippen molar-refractivity contribution in [3.05, 3.63) is 59.9 Å². The highest BCUT2D eigenvalue weighted by molar-refractivity contribution is 5.99. The Balaban J connectivity index is 1.55. The summed E-state index contributed by atoms with van der Waals surface area (Å²) in [5.41, 5.74) is 2.57. The van der Waals surface area contributed by atoms with Crippen molar-refractivity contribution in [3.8, 4) is 5.75 Å². The van der Waals surface area contributed by atoms with Gasteiger partial charge in [-0.3, -0.25) is 4.79 Å². The third kappa shape index (κ3) is 3.68. The average molecular weight is 394 g/mol. The number of carbonyl (C=O) groups excluding carboxylic acids is 1. The number of ether oxygens (including phenoxy) is 2. The van der Waals surface area contributed by atoms with Crippen molar-refractivity contribution in [1.82, 2.24) is 4.90 Å². The number of fused-ring (bicyclic) bond motifs is 2. The lowest BCUT2D eigenvalue weighted by molar-refractivity contribution is 0.0676. The number of likely N-dealkylation sites (N-methyl/N-ethyl adjacent to an activating group) is 2. The van der Waals surface area contributed by atoms with E-state index in [1.807, 2.05) is 42.5 Å². The van der Waals surface area contributed by atoms with Gasteiger partial charge in [-0.2, -0.15) is 0 Å². The van der Waals surface area contributed by atoms with Gasteiger partial charge in [-0.25, -0.2) is 0 Å². The lowest BCUT2D eigenvalue weighted by Gasteiger charge is -2.37. The number of hydrogen-bond acceptors (Lipinski definition) is 5. The summed E-state index contributed by atoms with van der Waals surface area (Å²) < 4.78 is 17.4. The normalized spacial score (nSPS) is 15.8. The Kier molecular flexibility index (Phi) is 5.45. The van der Waals surface area contributed by atoms with Gasteiger partial charge in [0.25, 0.3) is 5.91 Å². The van der Waals surface area contributed by atoms with Crippen LogP contribution in [0.25, 0.3) is 11.0 Å². The second kappa shape index (κ2) is 8.17. The number of benzene rings is 2. The lowest BCUT2D eigenvalue weighted by atomic mass is 10.1. The fourth-order valence-electron chi connectivity index (χ4n) is 3.89. The van der Waals surface area contributed by atoms with Crippen molar-refractivity contribution >= 4 is 22.6 Å². The summed E-state index contributed by atoms with van der Waals surface area (Å²) in [4.78, 5) is 17.1. The van der Waals surface area contributed by atoms with Crippen LogP contribution in [-0.4, -0.2) is 50.7 Å². The van der Waals surface area contributed by atoms with Crippen LogP contribution in [0.2, 0.25) is 0 Å². The summed E-state index contributed by atoms with van der Waals surface area (Å²) in [7, 11) is 3.40. The molecule has 6 heteroatoms. The summed E-state index contributed by atoms with van der Waals surface area (Å²) in [6.07, 6.45) is -0.117. The van der Waals surface area contributed by atoms with E-state index in [0.717, 1.165) is 35.5 Å². The van der Waals surface area contributed by atoms with Crippen molar-refractivity contribution in [1.29, 1.82) is 0 Å². The first-order valence-electron chi connectivity index (χ1n) is 9.87. The Hall–Kier alpha value is -2.99. The van der Waals surface area contributed by atoms with Gasteiger partial charge in [-0.15, -0.1) is 0 Å². The Labute approximate surface area is 170 Å². The zero-order valence-corrected chi connectivity index (χ0v) is 17.1. The highest BCUT2D eigenvalue weighted by atomic mass is 16.5. The van der Waals surface area contributed by atoms with Crippen molar-refractivity contribution in [2.45, 2.75) is 19.6 Å². The molecule has 0 unspecified atom stereocenters. The van der Waals surface area contributed by atoms with Gasteiger partial charge in [-0.1, -0.05) is 30.3 Å². The number of rotatable bonds is 6. The summed E-state index contributed by atoms with van der Waals surface area (Å²) in [6, 6.07) is 15.7. The molecule has 4 rings (SSSR count). The average Bonchev–Trinajstić information content (AvgIpc) is 3.11. The number of hydrogen-bond donors (Lipinski definition) is 0. The second-order valence-electron chi connectivity index (χ2n) is 7.27. The SMILES string of the molecule is CCN1C[C@@H](CN(C)C(=O)c2oc3ccccc3c2COC)Oc2ccccc21. The van der Waals surface area contributed by atoms with Gasteiger partial charge in [0.2, 0.25) is 0 Å². The molecule has 0 aliphatic carbocycles. The van der Waals surface area contributed by atoms with E-state index in [1.54, 1.807) is 19.1 Å². The van der Waals surface area contributed by atoms with Crippen molar-refractivity contribution in [2.75, 3.05) is 38.7 Å². The van der Waals surface area contributed by atoms with Gasteiger partial charge in [0.05, 0.1) is 25.4 Å². The van der Waals surface area contributed by atoms with Gasteiger partial charge < -0.3 is 23.7 Å². The van der Waals surface area contributed by atoms with E-state index in [9.17, 15) is 4.79 Å². The third-order valence-electron chi connectivity index (χ3n) is 5.31. The fraction of sp³-hybridized carbons (Fsp3) is 0.348. The van der Waals surface area contributed by atoms with E-state index < -0.39 is 0 Å². The molecular weight excluding hydrogens is 368 g/mol. The Morgan fingerprint density at radius 2 is 1.97 bits per heavy atom. The first-order valence-corrected chi connectivity index (χ1v) is 9.87. The lowest BCUT2D eigenvalue weighted by Crippen LogP contribution is -2.46. The smallest absolute Gasteiger partial charge is 0.289 e. The van der Waals surface area contributed by atoms with E-state index in [-0.39, 0.29) is 12.0 Å². The van der Waals surface area contributed by atoms with Gasteiger partial charge in [-0.05, 0) is 25.1 Å². The molecule has 6 nitrogen and oxygen atoms in total. The highest BCUT2D eigenvalue weighted by Gasteiger charge is 2.29. The molecule has 29 heavy (non-hydrogen) atoms. The standard InChI is InChI=1S/C23H26N2O4/c1-4-25-14-16(28-21-12-8-6-10-19(21)25)13-24(2)23(26)22-18(15-27-3)17-9-5-7-11-20(17)29-22/h5-12,16H,4,13-15H2,1-3H3/t16-/m1/s1. The first kappa shape index (κ1) is 19.3. The number of methoxy groups -OCH3 is 1. The monoisotopic (exact) mass is 394 g/mol. The molecule has 1 atom stereocenters. The molecule has 2 heterocycles. The Morgan fingerprint density at radius 3 is 2.76 bits per heavy atom. The molecule has 1 aliphatic heterocycles. The maximum Gasteiger partial charge on any atom is 0.289 e. The maximum absolute atomic E-state index is 13.2. The molecule has 152 valence electrons. The van der Waals surface area contributed by atoms with Gasteiger partial charge in [0, 0.05) is 31.7 Å². The maximum atomic E-state index is 13.2. The number of carbonyl (C=O) groups is 1. The first-order chi connectivity index (χ1) is 14.1. The van der Waals surface area contributed by atoms with Crippen LogP contribution in [0, 0.1) is 0 Å². The Bertz CT molecular complexity index is 1010. The molecule has 1 aliphatic rings. The van der Waals surface area contributed by atoms with Crippen molar-refractivity contribution in [2.24, 2.45) is 0 Å². The van der Waals surface area contributed by atoms with Crippen LogP contribution >= 0.6 is 0 Å². The minimum atomic E-state index is -0.168. The number of anilines is 1. The largest absolute Gasteiger partial charge is 0.485 e. The summed E-state index contributed by atoms with van der Waals surface area (Å²) >= 11 is 0. The summed E-state index contributed by atoms with van der Waals surface area (Å²) in [5.74, 6) is 1.02. The predicted molar refractivity (Wildman–Crippen MR) is 113 cm³/mol. The van der Waals surface area contributed by atoms with Gasteiger partial charge in [0.15, 0.2) is 5.76 Å². The van der Waals surface area contributed by atoms with Crippen LogP contribution in [0.15, 0.2) is 52.9 Å². The zero-order chi connectivity index (χ0) is 20.4. The van der Waals surface area contributed by atoms with E-state index in [4.69, 9.17) is 13.9 Å². The van der Waals surface area contributed by atoms with Crippen LogP contribution in [0.5, 0.6) is 5.75 Å². The molecular formula is C23H26N2O4. The minimum Gasteiger partial charge on any atom is -0.485 e. The molecule has 0 radical (unpaired) electrons. The molecule has 0 saturated carbocycles. The molecule has 0 bridgehead atoms. The Morgan fingerprint density at radius 1 is 1.21 bits per heavy atom. The molecule has 2 aromatic carbocycles. The molecule has 0 N–H and O–H groups in total. The van der Waals surface area contributed by atoms with Crippen LogP contribution in [0.1, 0.15) is 23.0 Å². The number of nitrogens with zero attached hydrogens (tertiary/aromatic N) is 2. The molecule has 1 aromatic heterocycles. The van der Waals surface area contributed by atoms with Crippen LogP contribution in [-0.2, 0) is 11.3 Å². The predicted octanol–water partition coefficient (Wildman–Crippen LogP) is 3.94. The highest BCUT2D eigenvalue weighted by Crippen LogP contribution is 2.33. The molecule has 0 fully saturated rings. The third-order valence-corrected chi connectivity index (χ3v) is 5.31. The van der Waals surface area contributed by atoms with Gasteiger partial charge in [0.1, 0.15) is 17.4 Å². The number of amides is 1. The molecule has 1 amide bonds. The van der Waals surface area contributed by atoms with Crippen molar-refractivity contribution < 1.29 is 18.7 Å². The van der Waals surface area contributed by atoms with Crippen LogP contribution in [0.4, 0.5) is 5.69 Å². The zero-order valence-electron chi connectivity index (χ0n) is 17.1. The fourth-order valence-corrected chi connectivity index (χ4v) is 3.89. The summed E-state index contributed by atoms with van der Waals surface area (Å²) in [5, 5.41) is 0.908. The van der Waals surface area contributed by atoms with Crippen LogP contribution in [0.3, 0.4) is 0 Å². The number of para-hydroxylation sites is 3. The molecule has 3 aromatic rings. The van der Waals surface area contributed by atoms with E-state index >= 15 is 0 Å². The number of furan rings is 1. The van der Waals surface area contributed by atoms with E-state index in [1.165, 1.54) is 0 Å². The molecule has 0 spiro atoms. The van der Waals surface area contributed by atoms with E-state index in [0.29, 0.717) is 24.5 Å². The molecule has 0 saturated heterocycles.